The SMILES string of the molecule is O=C1/C(=C/c2cccs2)SC(=S)N1c1ccccc1Br. The predicted molar refractivity (Wildman–Crippen MR) is 94.1 cm³/mol. The topological polar surface area (TPSA) is 20.3 Å². The summed E-state index contributed by atoms with van der Waals surface area (Å²) in [5, 5.41) is 1.99. The molecule has 3 rings (SSSR count). The molecule has 1 aliphatic rings. The number of amides is 1. The van der Waals surface area contributed by atoms with Crippen molar-refractivity contribution in [3.05, 3.63) is 56.0 Å². The van der Waals surface area contributed by atoms with Gasteiger partial charge in [-0.05, 0) is 45.6 Å². The molecule has 1 aromatic carbocycles. The minimum Gasteiger partial charge on any atom is -0.268 e. The summed E-state index contributed by atoms with van der Waals surface area (Å²) in [7, 11) is 0. The lowest BCUT2D eigenvalue weighted by Crippen LogP contribution is -2.27. The standard InChI is InChI=1S/C14H8BrNOS3/c15-10-5-1-2-6-11(10)16-13(17)12(20-14(16)18)8-9-4-3-7-19-9/h1-8H/b12-8-. The van der Waals surface area contributed by atoms with Gasteiger partial charge in [-0.15, -0.1) is 11.3 Å². The molecule has 1 amide bonds. The Morgan fingerprint density at radius 2 is 2.00 bits per heavy atom. The molecule has 1 aromatic heterocycles. The highest BCUT2D eigenvalue weighted by Gasteiger charge is 2.34. The normalized spacial score (nSPS) is 17.2. The third-order valence-electron chi connectivity index (χ3n) is 2.70. The van der Waals surface area contributed by atoms with Crippen molar-refractivity contribution in [2.45, 2.75) is 0 Å². The van der Waals surface area contributed by atoms with Gasteiger partial charge < -0.3 is 0 Å². The molecule has 0 spiro atoms. The molecule has 20 heavy (non-hydrogen) atoms. The molecule has 0 N–H and O–H groups in total. The lowest BCUT2D eigenvalue weighted by atomic mass is 10.3. The first-order valence-corrected chi connectivity index (χ1v) is 8.62. The van der Waals surface area contributed by atoms with E-state index in [1.807, 2.05) is 47.9 Å². The van der Waals surface area contributed by atoms with E-state index in [1.165, 1.54) is 11.8 Å². The van der Waals surface area contributed by atoms with Crippen LogP contribution in [-0.4, -0.2) is 10.2 Å². The Balaban J connectivity index is 1.98. The molecule has 0 bridgehead atoms. The van der Waals surface area contributed by atoms with E-state index in [0.29, 0.717) is 9.23 Å². The Morgan fingerprint density at radius 3 is 2.70 bits per heavy atom. The van der Waals surface area contributed by atoms with Gasteiger partial charge >= 0.3 is 0 Å². The van der Waals surface area contributed by atoms with Crippen LogP contribution in [0.5, 0.6) is 0 Å². The van der Waals surface area contributed by atoms with Crippen molar-refractivity contribution in [1.82, 2.24) is 0 Å². The largest absolute Gasteiger partial charge is 0.270 e. The molecular weight excluding hydrogens is 374 g/mol. The van der Waals surface area contributed by atoms with Crippen molar-refractivity contribution in [3.8, 4) is 0 Å². The molecule has 2 heterocycles. The molecule has 1 fully saturated rings. The molecule has 0 radical (unpaired) electrons. The van der Waals surface area contributed by atoms with Gasteiger partial charge in [-0.3, -0.25) is 9.69 Å². The molecule has 0 atom stereocenters. The number of thioether (sulfide) groups is 1. The van der Waals surface area contributed by atoms with Gasteiger partial charge in [-0.25, -0.2) is 0 Å². The summed E-state index contributed by atoms with van der Waals surface area (Å²) in [6.07, 6.45) is 1.89. The summed E-state index contributed by atoms with van der Waals surface area (Å²) >= 11 is 11.7. The van der Waals surface area contributed by atoms with Gasteiger partial charge in [0.05, 0.1) is 10.6 Å². The van der Waals surface area contributed by atoms with E-state index in [2.05, 4.69) is 15.9 Å². The van der Waals surface area contributed by atoms with Gasteiger partial charge in [0.25, 0.3) is 5.91 Å². The van der Waals surface area contributed by atoms with Gasteiger partial charge in [0.1, 0.15) is 0 Å². The average Bonchev–Trinajstić information content (AvgIpc) is 3.01. The summed E-state index contributed by atoms with van der Waals surface area (Å²) in [4.78, 5) is 15.8. The van der Waals surface area contributed by atoms with E-state index in [1.54, 1.807) is 16.2 Å². The number of rotatable bonds is 2. The maximum Gasteiger partial charge on any atom is 0.270 e. The molecule has 0 saturated carbocycles. The van der Waals surface area contributed by atoms with Crippen LogP contribution in [0.25, 0.3) is 6.08 Å². The smallest absolute Gasteiger partial charge is 0.268 e. The van der Waals surface area contributed by atoms with Crippen LogP contribution in [0.2, 0.25) is 0 Å². The van der Waals surface area contributed by atoms with E-state index < -0.39 is 0 Å². The Hall–Kier alpha value is -0.950. The second-order valence-electron chi connectivity index (χ2n) is 3.98. The lowest BCUT2D eigenvalue weighted by Gasteiger charge is -2.15. The number of thiophene rings is 1. The highest BCUT2D eigenvalue weighted by Crippen LogP contribution is 2.39. The highest BCUT2D eigenvalue weighted by atomic mass is 79.9. The number of hydrogen-bond acceptors (Lipinski definition) is 4. The third-order valence-corrected chi connectivity index (χ3v) is 5.50. The van der Waals surface area contributed by atoms with Gasteiger partial charge in [-0.1, -0.05) is 42.2 Å². The highest BCUT2D eigenvalue weighted by molar-refractivity contribution is 9.10. The summed E-state index contributed by atoms with van der Waals surface area (Å²) < 4.78 is 1.42. The van der Waals surface area contributed by atoms with E-state index in [0.717, 1.165) is 15.0 Å². The zero-order valence-corrected chi connectivity index (χ0v) is 14.1. The van der Waals surface area contributed by atoms with Crippen molar-refractivity contribution in [2.24, 2.45) is 0 Å². The van der Waals surface area contributed by atoms with E-state index in [-0.39, 0.29) is 5.91 Å². The maximum atomic E-state index is 12.5. The number of carbonyl (C=O) groups excluding carboxylic acids is 1. The Kier molecular flexibility index (Phi) is 4.07. The van der Waals surface area contributed by atoms with Gasteiger partial charge in [0.15, 0.2) is 4.32 Å². The molecule has 2 nitrogen and oxygen atoms in total. The van der Waals surface area contributed by atoms with E-state index >= 15 is 0 Å². The minimum absolute atomic E-state index is 0.0692. The van der Waals surface area contributed by atoms with Crippen molar-refractivity contribution in [3.63, 3.8) is 0 Å². The average molecular weight is 382 g/mol. The fraction of sp³-hybridized carbons (Fsp3) is 0. The van der Waals surface area contributed by atoms with Crippen molar-refractivity contribution in [1.29, 1.82) is 0 Å². The predicted octanol–water partition coefficient (Wildman–Crippen LogP) is 4.92. The zero-order chi connectivity index (χ0) is 14.1. The molecule has 1 aliphatic heterocycles. The molecule has 6 heteroatoms. The Morgan fingerprint density at radius 1 is 1.20 bits per heavy atom. The number of para-hydroxylation sites is 1. The fourth-order valence-corrected chi connectivity index (χ4v) is 4.28. The molecule has 0 aliphatic carbocycles. The first-order valence-electron chi connectivity index (χ1n) is 5.73. The van der Waals surface area contributed by atoms with Crippen molar-refractivity contribution >= 4 is 73.2 Å². The number of thiocarbonyl (C=S) groups is 1. The van der Waals surface area contributed by atoms with Crippen LogP contribution in [0.15, 0.2) is 51.2 Å². The van der Waals surface area contributed by atoms with Gasteiger partial charge in [0.2, 0.25) is 0 Å². The van der Waals surface area contributed by atoms with Crippen LogP contribution in [0.1, 0.15) is 4.88 Å². The number of nitrogens with zero attached hydrogens (tertiary/aromatic N) is 1. The minimum atomic E-state index is -0.0692. The summed E-state index contributed by atoms with van der Waals surface area (Å²) in [5.74, 6) is -0.0692. The lowest BCUT2D eigenvalue weighted by molar-refractivity contribution is -0.113. The third kappa shape index (κ3) is 2.61. The first-order chi connectivity index (χ1) is 9.66. The molecular formula is C14H8BrNOS3. The van der Waals surface area contributed by atoms with Crippen molar-refractivity contribution < 1.29 is 4.79 Å². The van der Waals surface area contributed by atoms with Crippen molar-refractivity contribution in [2.75, 3.05) is 4.90 Å². The second-order valence-corrected chi connectivity index (χ2v) is 7.49. The molecule has 2 aromatic rings. The van der Waals surface area contributed by atoms with Crippen LogP contribution >= 0.6 is 51.2 Å². The summed E-state index contributed by atoms with van der Waals surface area (Å²) in [6, 6.07) is 11.5. The maximum absolute atomic E-state index is 12.5. The van der Waals surface area contributed by atoms with E-state index in [9.17, 15) is 4.79 Å². The number of carbonyl (C=O) groups is 1. The van der Waals surface area contributed by atoms with Crippen LogP contribution in [0.4, 0.5) is 5.69 Å². The number of hydrogen-bond donors (Lipinski definition) is 0. The summed E-state index contributed by atoms with van der Waals surface area (Å²) in [5.41, 5.74) is 0.782. The second kappa shape index (κ2) is 5.81. The van der Waals surface area contributed by atoms with Crippen LogP contribution in [0, 0.1) is 0 Å². The Labute approximate surface area is 138 Å². The zero-order valence-electron chi connectivity index (χ0n) is 10.1. The Bertz CT molecular complexity index is 709. The molecule has 0 unspecified atom stereocenters. The van der Waals surface area contributed by atoms with E-state index in [4.69, 9.17) is 12.2 Å². The monoisotopic (exact) mass is 381 g/mol. The summed E-state index contributed by atoms with van der Waals surface area (Å²) in [6.45, 7) is 0. The fourth-order valence-electron chi connectivity index (χ4n) is 1.81. The number of halogens is 1. The quantitative estimate of drug-likeness (QED) is 0.543. The van der Waals surface area contributed by atoms with Crippen LogP contribution in [0.3, 0.4) is 0 Å². The molecule has 100 valence electrons. The first kappa shape index (κ1) is 14.0. The number of benzene rings is 1. The van der Waals surface area contributed by atoms with Crippen LogP contribution in [-0.2, 0) is 4.79 Å². The van der Waals surface area contributed by atoms with Gasteiger partial charge in [0, 0.05) is 9.35 Å². The van der Waals surface area contributed by atoms with Gasteiger partial charge in [-0.2, -0.15) is 0 Å². The number of anilines is 1. The van der Waals surface area contributed by atoms with Crippen LogP contribution < -0.4 is 4.90 Å². The molecule has 1 saturated heterocycles.